The van der Waals surface area contributed by atoms with Gasteiger partial charge in [-0.05, 0) is 60.5 Å². The molecule has 0 N–H and O–H groups in total. The summed E-state index contributed by atoms with van der Waals surface area (Å²) in [5.41, 5.74) is 6.55. The third-order valence-corrected chi connectivity index (χ3v) is 6.78. The molecule has 2 aromatic carbocycles. The van der Waals surface area contributed by atoms with Crippen LogP contribution in [0.4, 0.5) is 0 Å². The van der Waals surface area contributed by atoms with Crippen molar-refractivity contribution in [3.8, 4) is 0 Å². The predicted molar refractivity (Wildman–Crippen MR) is 129 cm³/mol. The van der Waals surface area contributed by atoms with E-state index in [1.54, 1.807) is 18.1 Å². The van der Waals surface area contributed by atoms with Crippen LogP contribution < -0.4 is 0 Å². The van der Waals surface area contributed by atoms with E-state index < -0.39 is 0 Å². The van der Waals surface area contributed by atoms with Crippen molar-refractivity contribution in [1.82, 2.24) is 9.91 Å². The third kappa shape index (κ3) is 4.50. The van der Waals surface area contributed by atoms with Crippen LogP contribution in [0.5, 0.6) is 0 Å². The second kappa shape index (κ2) is 9.09. The number of carbonyl (C=O) groups is 2. The number of thiophene rings is 1. The number of hydrazone groups is 1. The van der Waals surface area contributed by atoms with Gasteiger partial charge in [0.1, 0.15) is 6.54 Å². The quantitative estimate of drug-likeness (QED) is 0.547. The molecule has 1 aromatic heterocycles. The maximum absolute atomic E-state index is 13.3. The van der Waals surface area contributed by atoms with Gasteiger partial charge in [-0.3, -0.25) is 9.59 Å². The van der Waals surface area contributed by atoms with E-state index in [1.807, 2.05) is 18.4 Å². The fourth-order valence-electron chi connectivity index (χ4n) is 3.82. The van der Waals surface area contributed by atoms with Gasteiger partial charge in [-0.2, -0.15) is 5.10 Å². The van der Waals surface area contributed by atoms with Crippen molar-refractivity contribution in [2.45, 2.75) is 33.2 Å². The lowest BCUT2D eigenvalue weighted by atomic mass is 9.96. The van der Waals surface area contributed by atoms with E-state index in [0.717, 1.165) is 16.8 Å². The Bertz CT molecular complexity index is 1170. The van der Waals surface area contributed by atoms with Gasteiger partial charge in [0.2, 0.25) is 0 Å². The first-order valence-corrected chi connectivity index (χ1v) is 11.5. The van der Waals surface area contributed by atoms with Crippen molar-refractivity contribution in [3.63, 3.8) is 0 Å². The molecule has 1 aliphatic heterocycles. The Kier molecular flexibility index (Phi) is 6.24. The largest absolute Gasteiger partial charge is 0.332 e. The summed E-state index contributed by atoms with van der Waals surface area (Å²) in [4.78, 5) is 28.0. The summed E-state index contributed by atoms with van der Waals surface area (Å²) in [6.45, 7) is 6.19. The normalized spacial score (nSPS) is 15.6. The molecule has 1 atom stereocenters. The Morgan fingerprint density at radius 3 is 2.47 bits per heavy atom. The molecule has 1 aliphatic rings. The molecular formula is C26H27N3O2S. The van der Waals surface area contributed by atoms with Gasteiger partial charge in [-0.25, -0.2) is 5.01 Å². The smallest absolute Gasteiger partial charge is 0.264 e. The summed E-state index contributed by atoms with van der Waals surface area (Å²) in [5, 5.41) is 8.17. The lowest BCUT2D eigenvalue weighted by molar-refractivity contribution is -0.133. The maximum Gasteiger partial charge on any atom is 0.264 e. The molecule has 0 aliphatic carbocycles. The number of rotatable bonds is 5. The number of carbonyl (C=O) groups excluding carboxylic acids is 2. The standard InChI is InChI=1S/C26H27N3O2S/c1-17-7-10-20(11-8-17)23-15-22(21-12-9-18(2)19(3)14-21)27-29(23)25(30)16-28(4)26(31)24-6-5-13-32-24/h5-14,23H,15-16H2,1-4H3. The maximum atomic E-state index is 13.3. The number of amides is 2. The Morgan fingerprint density at radius 1 is 1.06 bits per heavy atom. The molecule has 2 amide bonds. The molecule has 1 unspecified atom stereocenters. The fraction of sp³-hybridized carbons (Fsp3) is 0.269. The zero-order valence-corrected chi connectivity index (χ0v) is 19.6. The molecule has 5 nitrogen and oxygen atoms in total. The van der Waals surface area contributed by atoms with Crippen molar-refractivity contribution >= 4 is 28.9 Å². The van der Waals surface area contributed by atoms with Crippen molar-refractivity contribution < 1.29 is 9.59 Å². The SMILES string of the molecule is Cc1ccc(C2CC(c3ccc(C)c(C)c3)=NN2C(=O)CN(C)C(=O)c2cccs2)cc1. The highest BCUT2D eigenvalue weighted by Crippen LogP contribution is 2.33. The van der Waals surface area contributed by atoms with Gasteiger partial charge < -0.3 is 4.90 Å². The number of likely N-dealkylation sites (N-methyl/N-ethyl adjacent to an activating group) is 1. The molecular weight excluding hydrogens is 418 g/mol. The van der Waals surface area contributed by atoms with E-state index in [4.69, 9.17) is 5.10 Å². The van der Waals surface area contributed by atoms with E-state index in [-0.39, 0.29) is 24.4 Å². The van der Waals surface area contributed by atoms with Gasteiger partial charge in [0.15, 0.2) is 0 Å². The number of hydrogen-bond donors (Lipinski definition) is 0. The van der Waals surface area contributed by atoms with Crippen LogP contribution in [0.15, 0.2) is 65.1 Å². The minimum atomic E-state index is -0.193. The van der Waals surface area contributed by atoms with Crippen LogP contribution in [0.1, 0.15) is 50.0 Å². The van der Waals surface area contributed by atoms with Crippen LogP contribution in [-0.4, -0.2) is 41.0 Å². The summed E-state index contributed by atoms with van der Waals surface area (Å²) in [5.74, 6) is -0.348. The predicted octanol–water partition coefficient (Wildman–Crippen LogP) is 5.12. The molecule has 3 aromatic rings. The summed E-state index contributed by atoms with van der Waals surface area (Å²) >= 11 is 1.37. The Morgan fingerprint density at radius 2 is 1.81 bits per heavy atom. The van der Waals surface area contributed by atoms with Gasteiger partial charge in [0, 0.05) is 13.5 Å². The fourth-order valence-corrected chi connectivity index (χ4v) is 4.54. The van der Waals surface area contributed by atoms with Gasteiger partial charge in [0.25, 0.3) is 11.8 Å². The monoisotopic (exact) mass is 445 g/mol. The molecule has 4 rings (SSSR count). The van der Waals surface area contributed by atoms with E-state index in [1.165, 1.54) is 32.9 Å². The van der Waals surface area contributed by atoms with Gasteiger partial charge in [-0.15, -0.1) is 11.3 Å². The first-order valence-electron chi connectivity index (χ1n) is 10.7. The zero-order valence-electron chi connectivity index (χ0n) is 18.8. The molecule has 32 heavy (non-hydrogen) atoms. The highest BCUT2D eigenvalue weighted by atomic mass is 32.1. The summed E-state index contributed by atoms with van der Waals surface area (Å²) in [7, 11) is 1.66. The summed E-state index contributed by atoms with van der Waals surface area (Å²) in [6.07, 6.45) is 0.639. The van der Waals surface area contributed by atoms with Crippen molar-refractivity contribution in [2.75, 3.05) is 13.6 Å². The number of nitrogens with zero attached hydrogens (tertiary/aromatic N) is 3. The van der Waals surface area contributed by atoms with Gasteiger partial charge >= 0.3 is 0 Å². The molecule has 0 saturated carbocycles. The number of benzene rings is 2. The van der Waals surface area contributed by atoms with Crippen molar-refractivity contribution in [2.24, 2.45) is 5.10 Å². The summed E-state index contributed by atoms with van der Waals surface area (Å²) < 4.78 is 0. The number of aryl methyl sites for hydroxylation is 3. The topological polar surface area (TPSA) is 53.0 Å². The van der Waals surface area contributed by atoms with Gasteiger partial charge in [-0.1, -0.05) is 48.0 Å². The van der Waals surface area contributed by atoms with E-state index >= 15 is 0 Å². The Labute approximate surface area is 193 Å². The molecule has 0 bridgehead atoms. The molecule has 0 radical (unpaired) electrons. The molecule has 2 heterocycles. The summed E-state index contributed by atoms with van der Waals surface area (Å²) in [6, 6.07) is 17.9. The second-order valence-corrected chi connectivity index (χ2v) is 9.30. The number of hydrogen-bond acceptors (Lipinski definition) is 4. The third-order valence-electron chi connectivity index (χ3n) is 5.92. The molecule has 0 saturated heterocycles. The average Bonchev–Trinajstić information content (AvgIpc) is 3.46. The molecule has 6 heteroatoms. The highest BCUT2D eigenvalue weighted by Gasteiger charge is 2.34. The van der Waals surface area contributed by atoms with E-state index in [0.29, 0.717) is 11.3 Å². The highest BCUT2D eigenvalue weighted by molar-refractivity contribution is 7.12. The van der Waals surface area contributed by atoms with Crippen molar-refractivity contribution in [1.29, 1.82) is 0 Å². The minimum absolute atomic E-state index is 0.0250. The molecule has 0 fully saturated rings. The van der Waals surface area contributed by atoms with Crippen molar-refractivity contribution in [3.05, 3.63) is 92.7 Å². The minimum Gasteiger partial charge on any atom is -0.332 e. The molecule has 0 spiro atoms. The lowest BCUT2D eigenvalue weighted by Gasteiger charge is -2.24. The zero-order chi connectivity index (χ0) is 22.8. The average molecular weight is 446 g/mol. The van der Waals surface area contributed by atoms with E-state index in [9.17, 15) is 9.59 Å². The molecule has 164 valence electrons. The Hall–Kier alpha value is -3.25. The van der Waals surface area contributed by atoms with E-state index in [2.05, 4.69) is 56.3 Å². The second-order valence-electron chi connectivity index (χ2n) is 8.35. The van der Waals surface area contributed by atoms with Crippen LogP contribution in [-0.2, 0) is 4.79 Å². The first kappa shape index (κ1) is 22.0. The van der Waals surface area contributed by atoms with Crippen LogP contribution in [0.2, 0.25) is 0 Å². The van der Waals surface area contributed by atoms with Crippen LogP contribution in [0.25, 0.3) is 0 Å². The lowest BCUT2D eigenvalue weighted by Crippen LogP contribution is -2.39. The van der Waals surface area contributed by atoms with Gasteiger partial charge in [0.05, 0.1) is 16.6 Å². The van der Waals surface area contributed by atoms with Crippen LogP contribution >= 0.6 is 11.3 Å². The van der Waals surface area contributed by atoms with Crippen LogP contribution in [0, 0.1) is 20.8 Å². The Balaban J connectivity index is 1.61. The first-order chi connectivity index (χ1) is 15.3. The van der Waals surface area contributed by atoms with Crippen LogP contribution in [0.3, 0.4) is 0 Å².